The summed E-state index contributed by atoms with van der Waals surface area (Å²) in [4.78, 5) is 22.7. The minimum Gasteiger partial charge on any atom is -0.480 e. The first kappa shape index (κ1) is 13.5. The minimum atomic E-state index is -1.16. The Morgan fingerprint density at radius 3 is 2.59 bits per heavy atom. The molecular weight excluding hydrogens is 224 g/mol. The minimum absolute atomic E-state index is 0.0619. The standard InChI is InChI=1S/C11H16N2O4/c1-2-3-8(9(14)15)13-10(16)11(12)4-6-17-7-5-11/h1,8H,3-7,12H2,(H,13,16)(H,14,15). The van der Waals surface area contributed by atoms with Crippen molar-refractivity contribution >= 4 is 11.9 Å². The van der Waals surface area contributed by atoms with Gasteiger partial charge in [0.25, 0.3) is 0 Å². The first-order valence-corrected chi connectivity index (χ1v) is 5.33. The molecule has 1 saturated heterocycles. The number of carboxylic acid groups (broad SMARTS) is 1. The van der Waals surface area contributed by atoms with E-state index in [-0.39, 0.29) is 6.42 Å². The Labute approximate surface area is 99.5 Å². The summed E-state index contributed by atoms with van der Waals surface area (Å²) >= 11 is 0. The van der Waals surface area contributed by atoms with Gasteiger partial charge in [-0.05, 0) is 12.8 Å². The Bertz CT molecular complexity index is 342. The van der Waals surface area contributed by atoms with Crippen LogP contribution in [0.2, 0.25) is 0 Å². The molecule has 94 valence electrons. The van der Waals surface area contributed by atoms with E-state index >= 15 is 0 Å². The lowest BCUT2D eigenvalue weighted by molar-refractivity contribution is -0.143. The second-order valence-corrected chi connectivity index (χ2v) is 4.04. The zero-order chi connectivity index (χ0) is 12.9. The molecule has 0 aromatic carbocycles. The van der Waals surface area contributed by atoms with Crippen LogP contribution in [-0.2, 0) is 14.3 Å². The number of carboxylic acids is 1. The largest absolute Gasteiger partial charge is 0.480 e. The van der Waals surface area contributed by atoms with Gasteiger partial charge in [-0.1, -0.05) is 0 Å². The highest BCUT2D eigenvalue weighted by Crippen LogP contribution is 2.18. The van der Waals surface area contributed by atoms with Crippen molar-refractivity contribution in [2.24, 2.45) is 5.73 Å². The maximum atomic E-state index is 11.9. The van der Waals surface area contributed by atoms with Crippen molar-refractivity contribution in [2.75, 3.05) is 13.2 Å². The van der Waals surface area contributed by atoms with E-state index in [9.17, 15) is 9.59 Å². The van der Waals surface area contributed by atoms with Crippen molar-refractivity contribution in [3.8, 4) is 12.3 Å². The Morgan fingerprint density at radius 2 is 2.12 bits per heavy atom. The highest BCUT2D eigenvalue weighted by molar-refractivity contribution is 5.90. The Morgan fingerprint density at radius 1 is 1.53 bits per heavy atom. The number of terminal acetylenes is 1. The number of nitrogens with two attached hydrogens (primary N) is 1. The van der Waals surface area contributed by atoms with E-state index in [0.717, 1.165) is 0 Å². The summed E-state index contributed by atoms with van der Waals surface area (Å²) in [5.41, 5.74) is 4.86. The first-order valence-electron chi connectivity index (χ1n) is 5.33. The summed E-state index contributed by atoms with van der Waals surface area (Å²) in [6, 6.07) is -1.09. The molecule has 1 atom stereocenters. The molecule has 1 rings (SSSR count). The number of hydrogen-bond acceptors (Lipinski definition) is 4. The van der Waals surface area contributed by atoms with E-state index in [2.05, 4.69) is 11.2 Å². The summed E-state index contributed by atoms with van der Waals surface area (Å²) < 4.78 is 5.11. The summed E-state index contributed by atoms with van der Waals surface area (Å²) in [7, 11) is 0. The van der Waals surface area contributed by atoms with Gasteiger partial charge in [0, 0.05) is 19.6 Å². The fourth-order valence-electron chi connectivity index (χ4n) is 1.58. The third-order valence-electron chi connectivity index (χ3n) is 2.76. The molecule has 0 saturated carbocycles. The molecule has 1 aliphatic heterocycles. The van der Waals surface area contributed by atoms with E-state index in [1.54, 1.807) is 0 Å². The van der Waals surface area contributed by atoms with Gasteiger partial charge in [0.05, 0.1) is 5.54 Å². The van der Waals surface area contributed by atoms with E-state index in [1.807, 2.05) is 0 Å². The molecule has 0 bridgehead atoms. The van der Waals surface area contributed by atoms with Crippen molar-refractivity contribution in [2.45, 2.75) is 30.8 Å². The van der Waals surface area contributed by atoms with E-state index in [1.165, 1.54) is 0 Å². The number of carbonyl (C=O) groups is 2. The van der Waals surface area contributed by atoms with E-state index in [4.69, 9.17) is 22.0 Å². The molecule has 6 nitrogen and oxygen atoms in total. The maximum Gasteiger partial charge on any atom is 0.327 e. The van der Waals surface area contributed by atoms with E-state index < -0.39 is 23.5 Å². The lowest BCUT2D eigenvalue weighted by Crippen LogP contribution is -2.59. The highest BCUT2D eigenvalue weighted by atomic mass is 16.5. The number of ether oxygens (including phenoxy) is 1. The Balaban J connectivity index is 2.63. The van der Waals surface area contributed by atoms with Crippen molar-refractivity contribution in [3.05, 3.63) is 0 Å². The van der Waals surface area contributed by atoms with Crippen molar-refractivity contribution in [3.63, 3.8) is 0 Å². The Hall–Kier alpha value is -1.58. The number of nitrogens with one attached hydrogen (secondary N) is 1. The summed E-state index contributed by atoms with van der Waals surface area (Å²) in [5.74, 6) is 0.566. The molecular formula is C11H16N2O4. The normalized spacial score (nSPS) is 20.0. The number of aliphatic carboxylic acids is 1. The van der Waals surface area contributed by atoms with Crippen molar-refractivity contribution in [1.29, 1.82) is 0 Å². The summed E-state index contributed by atoms with van der Waals surface area (Å²) in [5, 5.41) is 11.2. The summed E-state index contributed by atoms with van der Waals surface area (Å²) in [6.07, 6.45) is 5.73. The highest BCUT2D eigenvalue weighted by Gasteiger charge is 2.37. The molecule has 1 amide bonds. The van der Waals surface area contributed by atoms with Gasteiger partial charge < -0.3 is 20.9 Å². The van der Waals surface area contributed by atoms with Crippen LogP contribution in [0, 0.1) is 12.3 Å². The molecule has 0 radical (unpaired) electrons. The number of amides is 1. The number of carbonyl (C=O) groups excluding carboxylic acids is 1. The predicted molar refractivity (Wildman–Crippen MR) is 60.0 cm³/mol. The lowest BCUT2D eigenvalue weighted by atomic mass is 9.90. The topological polar surface area (TPSA) is 102 Å². The van der Waals surface area contributed by atoms with Crippen LogP contribution in [0.15, 0.2) is 0 Å². The van der Waals surface area contributed by atoms with Crippen LogP contribution in [0.25, 0.3) is 0 Å². The van der Waals surface area contributed by atoms with Crippen molar-refractivity contribution in [1.82, 2.24) is 5.32 Å². The second-order valence-electron chi connectivity index (χ2n) is 4.04. The quantitative estimate of drug-likeness (QED) is 0.552. The fourth-order valence-corrected chi connectivity index (χ4v) is 1.58. The molecule has 1 fully saturated rings. The van der Waals surface area contributed by atoms with Gasteiger partial charge in [0.15, 0.2) is 0 Å². The molecule has 1 aliphatic rings. The second kappa shape index (κ2) is 5.66. The van der Waals surface area contributed by atoms with Crippen LogP contribution >= 0.6 is 0 Å². The third kappa shape index (κ3) is 3.44. The smallest absolute Gasteiger partial charge is 0.327 e. The van der Waals surface area contributed by atoms with Crippen LogP contribution in [0.4, 0.5) is 0 Å². The van der Waals surface area contributed by atoms with Gasteiger partial charge in [0.1, 0.15) is 6.04 Å². The Kier molecular flexibility index (Phi) is 4.49. The SMILES string of the molecule is C#CCC(NC(=O)C1(N)CCOCC1)C(=O)O. The van der Waals surface area contributed by atoms with Gasteiger partial charge in [-0.3, -0.25) is 4.79 Å². The van der Waals surface area contributed by atoms with Gasteiger partial charge in [0.2, 0.25) is 5.91 Å². The monoisotopic (exact) mass is 240 g/mol. The first-order chi connectivity index (χ1) is 7.99. The van der Waals surface area contributed by atoms with Gasteiger partial charge in [-0.15, -0.1) is 12.3 Å². The van der Waals surface area contributed by atoms with Gasteiger partial charge >= 0.3 is 5.97 Å². The lowest BCUT2D eigenvalue weighted by Gasteiger charge is -2.32. The van der Waals surface area contributed by atoms with E-state index in [0.29, 0.717) is 26.1 Å². The molecule has 17 heavy (non-hydrogen) atoms. The van der Waals surface area contributed by atoms with Gasteiger partial charge in [-0.25, -0.2) is 4.79 Å². The van der Waals surface area contributed by atoms with Crippen LogP contribution in [0.1, 0.15) is 19.3 Å². The molecule has 0 aromatic heterocycles. The average molecular weight is 240 g/mol. The van der Waals surface area contributed by atoms with Crippen LogP contribution in [-0.4, -0.2) is 41.8 Å². The fraction of sp³-hybridized carbons (Fsp3) is 0.636. The molecule has 4 N–H and O–H groups in total. The zero-order valence-electron chi connectivity index (χ0n) is 9.44. The van der Waals surface area contributed by atoms with Gasteiger partial charge in [-0.2, -0.15) is 0 Å². The van der Waals surface area contributed by atoms with Crippen molar-refractivity contribution < 1.29 is 19.4 Å². The zero-order valence-corrected chi connectivity index (χ0v) is 9.44. The molecule has 0 aromatic rings. The van der Waals surface area contributed by atoms with Crippen LogP contribution < -0.4 is 11.1 Å². The molecule has 0 spiro atoms. The molecule has 1 unspecified atom stereocenters. The van der Waals surface area contributed by atoms with Crippen LogP contribution in [0.5, 0.6) is 0 Å². The molecule has 1 heterocycles. The van der Waals surface area contributed by atoms with Crippen LogP contribution in [0.3, 0.4) is 0 Å². The predicted octanol–water partition coefficient (Wildman–Crippen LogP) is -0.913. The molecule has 6 heteroatoms. The average Bonchev–Trinajstić information content (AvgIpc) is 2.29. The molecule has 0 aliphatic carbocycles. The third-order valence-corrected chi connectivity index (χ3v) is 2.76. The number of rotatable bonds is 4. The summed E-state index contributed by atoms with van der Waals surface area (Å²) in [6.45, 7) is 0.799. The number of hydrogen-bond donors (Lipinski definition) is 3. The maximum absolute atomic E-state index is 11.9.